The van der Waals surface area contributed by atoms with Crippen molar-refractivity contribution < 1.29 is 53.1 Å². The molecule has 15 heteroatoms. The molecular weight excluding hydrogens is 422 g/mol. The van der Waals surface area contributed by atoms with Gasteiger partial charge in [-0.25, -0.2) is 16.8 Å². The third-order valence-corrected chi connectivity index (χ3v) is 14.4. The zero-order chi connectivity index (χ0) is 20.3. The van der Waals surface area contributed by atoms with Gasteiger partial charge >= 0.3 is 11.0 Å². The van der Waals surface area contributed by atoms with Crippen molar-refractivity contribution in [2.24, 2.45) is 0 Å². The van der Waals surface area contributed by atoms with Crippen LogP contribution in [-0.2, 0) is 19.7 Å². The Balaban J connectivity index is 3.29. The molecule has 0 aromatic carbocycles. The number of alkyl halides is 6. The van der Waals surface area contributed by atoms with Gasteiger partial charge in [0.25, 0.3) is 9.84 Å². The maximum Gasteiger partial charge on any atom is 0.497 e. The molecule has 6 nitrogen and oxygen atoms in total. The van der Waals surface area contributed by atoms with Crippen molar-refractivity contribution in [3.05, 3.63) is 0 Å². The van der Waals surface area contributed by atoms with Gasteiger partial charge in [0.15, 0.2) is 0 Å². The number of rotatable bonds is 4. The Morgan fingerprint density at radius 3 is 1.72 bits per heavy atom. The molecule has 1 saturated heterocycles. The summed E-state index contributed by atoms with van der Waals surface area (Å²) in [4.78, 5) is 10.5. The summed E-state index contributed by atoms with van der Waals surface area (Å²) in [6.45, 7) is 1.76. The van der Waals surface area contributed by atoms with E-state index in [4.69, 9.17) is 0 Å². The van der Waals surface area contributed by atoms with Crippen molar-refractivity contribution >= 4 is 28.0 Å². The van der Waals surface area contributed by atoms with E-state index in [0.29, 0.717) is 0 Å². The van der Waals surface area contributed by atoms with Gasteiger partial charge in [0.1, 0.15) is 0 Å². The maximum absolute atomic E-state index is 12.5. The molecule has 0 aliphatic carbocycles. The zero-order valence-electron chi connectivity index (χ0n) is 12.9. The first-order valence-electron chi connectivity index (χ1n) is 6.65. The Morgan fingerprint density at radius 1 is 0.960 bits per heavy atom. The first kappa shape index (κ1) is 22.7. The van der Waals surface area contributed by atoms with Gasteiger partial charge in [-0.05, 0) is 12.5 Å². The third-order valence-electron chi connectivity index (χ3n) is 4.84. The Bertz CT molecular complexity index is 681. The summed E-state index contributed by atoms with van der Waals surface area (Å²) in [5.41, 5.74) is -14.1. The van der Waals surface area contributed by atoms with E-state index < -0.39 is 73.2 Å². The first-order chi connectivity index (χ1) is 10.6. The maximum atomic E-state index is 12.5. The summed E-state index contributed by atoms with van der Waals surface area (Å²) in [5.74, 6) is -1.88. The standard InChI is InChI=1S/C10H16F6O6S2Si/c1-7(2)8(17,5-23(18,19)9(11,12)13)3-4-25(7,22)6-24(20,21)10(14,15)16/h17,22H,3-6H2,1-2H3. The average Bonchev–Trinajstić information content (AvgIpc) is 2.46. The SMILES string of the molecule is CC1(C)C(O)(CS(=O)(=O)C(F)(F)F)CC[Si]1(O)CS(=O)(=O)C(F)(F)F. The highest BCUT2D eigenvalue weighted by Gasteiger charge is 2.69. The second kappa shape index (κ2) is 5.81. The normalized spacial score (nSPS) is 31.3. The molecule has 150 valence electrons. The van der Waals surface area contributed by atoms with E-state index in [0.717, 1.165) is 13.8 Å². The van der Waals surface area contributed by atoms with Crippen molar-refractivity contribution in [2.45, 2.75) is 48.0 Å². The molecule has 2 atom stereocenters. The second-order valence-corrected chi connectivity index (χ2v) is 15.2. The smallest absolute Gasteiger partial charge is 0.430 e. The van der Waals surface area contributed by atoms with Crippen LogP contribution >= 0.6 is 0 Å². The van der Waals surface area contributed by atoms with Gasteiger partial charge in [-0.3, -0.25) is 0 Å². The van der Waals surface area contributed by atoms with Crippen LogP contribution in [0.15, 0.2) is 0 Å². The molecule has 1 heterocycles. The van der Waals surface area contributed by atoms with E-state index >= 15 is 0 Å². The molecule has 0 saturated carbocycles. The molecule has 0 aromatic heterocycles. The molecule has 2 N–H and O–H groups in total. The van der Waals surface area contributed by atoms with Crippen LogP contribution in [0.3, 0.4) is 0 Å². The van der Waals surface area contributed by atoms with Crippen molar-refractivity contribution in [1.29, 1.82) is 0 Å². The van der Waals surface area contributed by atoms with E-state index in [-0.39, 0.29) is 0 Å². The molecule has 0 radical (unpaired) electrons. The van der Waals surface area contributed by atoms with E-state index in [2.05, 4.69) is 0 Å². The fraction of sp³-hybridized carbons (Fsp3) is 1.00. The van der Waals surface area contributed by atoms with Crippen LogP contribution in [0.1, 0.15) is 20.3 Å². The minimum Gasteiger partial charge on any atom is -0.430 e. The van der Waals surface area contributed by atoms with Crippen molar-refractivity contribution in [1.82, 2.24) is 0 Å². The van der Waals surface area contributed by atoms with E-state index in [1.165, 1.54) is 0 Å². The molecule has 0 bridgehead atoms. The Kier molecular flexibility index (Phi) is 5.26. The van der Waals surface area contributed by atoms with Gasteiger partial charge in [-0.15, -0.1) is 0 Å². The van der Waals surface area contributed by atoms with E-state index in [9.17, 15) is 53.1 Å². The molecule has 1 fully saturated rings. The third kappa shape index (κ3) is 3.70. The first-order valence-corrected chi connectivity index (χ1v) is 12.3. The monoisotopic (exact) mass is 438 g/mol. The molecule has 1 rings (SSSR count). The summed E-state index contributed by atoms with van der Waals surface area (Å²) in [5, 5.41) is 6.44. The van der Waals surface area contributed by atoms with Crippen LogP contribution in [0, 0.1) is 0 Å². The van der Waals surface area contributed by atoms with E-state index in [1.54, 1.807) is 0 Å². The lowest BCUT2D eigenvalue weighted by Crippen LogP contribution is -2.58. The zero-order valence-corrected chi connectivity index (χ0v) is 15.6. The fourth-order valence-corrected chi connectivity index (χ4v) is 11.9. The highest BCUT2D eigenvalue weighted by atomic mass is 32.2. The predicted octanol–water partition coefficient (Wildman–Crippen LogP) is 1.25. The molecular formula is C10H16F6O6S2Si. The van der Waals surface area contributed by atoms with E-state index in [1.807, 2.05) is 0 Å². The summed E-state index contributed by atoms with van der Waals surface area (Å²) < 4.78 is 121. The summed E-state index contributed by atoms with van der Waals surface area (Å²) in [6.07, 6.45) is -0.772. The Morgan fingerprint density at radius 2 is 1.36 bits per heavy atom. The summed E-state index contributed by atoms with van der Waals surface area (Å²) in [7, 11) is -16.2. The van der Waals surface area contributed by atoms with Crippen molar-refractivity contribution in [3.63, 3.8) is 0 Å². The summed E-state index contributed by atoms with van der Waals surface area (Å²) in [6, 6.07) is -0.695. The second-order valence-electron chi connectivity index (χ2n) is 6.60. The van der Waals surface area contributed by atoms with Crippen LogP contribution in [0.4, 0.5) is 26.3 Å². The van der Waals surface area contributed by atoms with Gasteiger partial charge in [0.05, 0.1) is 16.7 Å². The highest BCUT2D eigenvalue weighted by Crippen LogP contribution is 2.58. The van der Waals surface area contributed by atoms with Crippen molar-refractivity contribution in [3.8, 4) is 0 Å². The summed E-state index contributed by atoms with van der Waals surface area (Å²) >= 11 is 0. The minimum absolute atomic E-state index is 0.695. The number of aliphatic hydroxyl groups is 1. The lowest BCUT2D eigenvalue weighted by atomic mass is 9.89. The number of hydrogen-bond acceptors (Lipinski definition) is 6. The van der Waals surface area contributed by atoms with Crippen LogP contribution in [-0.4, -0.2) is 62.8 Å². The lowest BCUT2D eigenvalue weighted by molar-refractivity contribution is -0.0475. The highest BCUT2D eigenvalue weighted by molar-refractivity contribution is 7.94. The molecule has 0 spiro atoms. The topological polar surface area (TPSA) is 109 Å². The predicted molar refractivity (Wildman–Crippen MR) is 76.1 cm³/mol. The van der Waals surface area contributed by atoms with Crippen LogP contribution in [0.2, 0.25) is 11.1 Å². The number of sulfone groups is 2. The van der Waals surface area contributed by atoms with Gasteiger partial charge in [-0.1, -0.05) is 13.8 Å². The fourth-order valence-electron chi connectivity index (χ4n) is 2.77. The van der Waals surface area contributed by atoms with Crippen LogP contribution in [0.5, 0.6) is 0 Å². The van der Waals surface area contributed by atoms with Gasteiger partial charge in [0.2, 0.25) is 18.2 Å². The van der Waals surface area contributed by atoms with Gasteiger partial charge in [-0.2, -0.15) is 26.3 Å². The van der Waals surface area contributed by atoms with Crippen LogP contribution in [0.25, 0.3) is 0 Å². The molecule has 0 aromatic rings. The molecule has 1 aliphatic rings. The number of halogens is 6. The number of hydrogen-bond donors (Lipinski definition) is 2. The molecule has 25 heavy (non-hydrogen) atoms. The largest absolute Gasteiger partial charge is 0.497 e. The molecule has 2 unspecified atom stereocenters. The average molecular weight is 438 g/mol. The van der Waals surface area contributed by atoms with Gasteiger partial charge < -0.3 is 9.90 Å². The Labute approximate surface area is 140 Å². The Hall–Kier alpha value is -0.383. The van der Waals surface area contributed by atoms with Crippen molar-refractivity contribution in [2.75, 3.05) is 11.1 Å². The van der Waals surface area contributed by atoms with Gasteiger partial charge in [0, 0.05) is 5.04 Å². The lowest BCUT2D eigenvalue weighted by Gasteiger charge is -2.43. The minimum atomic E-state index is -5.84. The molecule has 1 aliphatic heterocycles. The quantitative estimate of drug-likeness (QED) is 0.505. The van der Waals surface area contributed by atoms with Crippen LogP contribution < -0.4 is 0 Å². The molecule has 0 amide bonds.